The van der Waals surface area contributed by atoms with Crippen LogP contribution >= 0.6 is 27.5 Å². The van der Waals surface area contributed by atoms with Crippen molar-refractivity contribution in [1.29, 1.82) is 5.26 Å². The zero-order valence-corrected chi connectivity index (χ0v) is 12.5. The van der Waals surface area contributed by atoms with Crippen molar-refractivity contribution < 1.29 is 4.79 Å². The molecule has 3 N–H and O–H groups in total. The van der Waals surface area contributed by atoms with Crippen molar-refractivity contribution in [3.8, 4) is 6.07 Å². The standard InChI is InChI=1S/C14H9BrClN3O/c15-9-2-4-11(12(18)5-9)14(20)19-13-6-10(16)3-1-8(13)7-17/h1-6H,18H2,(H,19,20). The zero-order valence-electron chi connectivity index (χ0n) is 10.2. The molecule has 0 aliphatic heterocycles. The summed E-state index contributed by atoms with van der Waals surface area (Å²) in [5.74, 6) is -0.395. The van der Waals surface area contributed by atoms with E-state index in [4.69, 9.17) is 22.6 Å². The number of anilines is 2. The third-order valence-corrected chi connectivity index (χ3v) is 3.34. The van der Waals surface area contributed by atoms with Crippen LogP contribution in [0.2, 0.25) is 5.02 Å². The van der Waals surface area contributed by atoms with E-state index < -0.39 is 5.91 Å². The summed E-state index contributed by atoms with van der Waals surface area (Å²) in [6, 6.07) is 11.6. The lowest BCUT2D eigenvalue weighted by Crippen LogP contribution is -2.14. The molecule has 0 saturated carbocycles. The van der Waals surface area contributed by atoms with Crippen LogP contribution in [0, 0.1) is 11.3 Å². The summed E-state index contributed by atoms with van der Waals surface area (Å²) < 4.78 is 0.784. The lowest BCUT2D eigenvalue weighted by atomic mass is 10.1. The van der Waals surface area contributed by atoms with Crippen molar-refractivity contribution >= 4 is 44.8 Å². The monoisotopic (exact) mass is 349 g/mol. The van der Waals surface area contributed by atoms with Gasteiger partial charge in [0.05, 0.1) is 16.8 Å². The first kappa shape index (κ1) is 14.4. The van der Waals surface area contributed by atoms with Gasteiger partial charge in [-0.05, 0) is 36.4 Å². The number of nitrogens with zero attached hydrogens (tertiary/aromatic N) is 1. The summed E-state index contributed by atoms with van der Waals surface area (Å²) in [7, 11) is 0. The summed E-state index contributed by atoms with van der Waals surface area (Å²) >= 11 is 9.14. The van der Waals surface area contributed by atoms with Gasteiger partial charge in [0.25, 0.3) is 5.91 Å². The predicted molar refractivity (Wildman–Crippen MR) is 82.7 cm³/mol. The summed E-state index contributed by atoms with van der Waals surface area (Å²) in [6.07, 6.45) is 0. The van der Waals surface area contributed by atoms with Gasteiger partial charge >= 0.3 is 0 Å². The SMILES string of the molecule is N#Cc1ccc(Cl)cc1NC(=O)c1ccc(Br)cc1N. The Morgan fingerprint density at radius 3 is 2.70 bits per heavy atom. The van der Waals surface area contributed by atoms with Crippen LogP contribution in [0.1, 0.15) is 15.9 Å². The minimum atomic E-state index is -0.395. The molecule has 20 heavy (non-hydrogen) atoms. The van der Waals surface area contributed by atoms with Crippen LogP contribution in [0.25, 0.3) is 0 Å². The minimum absolute atomic E-state index is 0.331. The molecule has 2 aromatic rings. The zero-order chi connectivity index (χ0) is 14.7. The first-order chi connectivity index (χ1) is 9.51. The Bertz CT molecular complexity index is 725. The number of amides is 1. The first-order valence-corrected chi connectivity index (χ1v) is 6.74. The molecule has 1 amide bonds. The largest absolute Gasteiger partial charge is 0.398 e. The molecule has 2 rings (SSSR count). The lowest BCUT2D eigenvalue weighted by molar-refractivity contribution is 0.102. The van der Waals surface area contributed by atoms with Gasteiger partial charge in [-0.25, -0.2) is 0 Å². The van der Waals surface area contributed by atoms with Gasteiger partial charge in [0.1, 0.15) is 6.07 Å². The number of hydrogen-bond acceptors (Lipinski definition) is 3. The highest BCUT2D eigenvalue weighted by atomic mass is 79.9. The van der Waals surface area contributed by atoms with Crippen molar-refractivity contribution in [2.24, 2.45) is 0 Å². The van der Waals surface area contributed by atoms with Crippen molar-refractivity contribution in [3.05, 3.63) is 57.0 Å². The smallest absolute Gasteiger partial charge is 0.257 e. The number of nitrogens with one attached hydrogen (secondary N) is 1. The van der Waals surface area contributed by atoms with Crippen LogP contribution in [-0.2, 0) is 0 Å². The summed E-state index contributed by atoms with van der Waals surface area (Å²) in [4.78, 5) is 12.2. The number of nitrogens with two attached hydrogens (primary N) is 1. The van der Waals surface area contributed by atoms with Crippen LogP contribution in [0.3, 0.4) is 0 Å². The van der Waals surface area contributed by atoms with Crippen LogP contribution in [0.15, 0.2) is 40.9 Å². The second kappa shape index (κ2) is 5.95. The molecule has 0 saturated heterocycles. The van der Waals surface area contributed by atoms with E-state index in [2.05, 4.69) is 21.2 Å². The number of carbonyl (C=O) groups excluding carboxylic acids is 1. The topological polar surface area (TPSA) is 78.9 Å². The third-order valence-electron chi connectivity index (χ3n) is 2.61. The second-order valence-corrected chi connectivity index (χ2v) is 5.34. The molecule has 0 aromatic heterocycles. The van der Waals surface area contributed by atoms with E-state index in [-0.39, 0.29) is 0 Å². The highest BCUT2D eigenvalue weighted by Gasteiger charge is 2.12. The fraction of sp³-hybridized carbons (Fsp3) is 0. The molecule has 0 fully saturated rings. The van der Waals surface area contributed by atoms with Crippen LogP contribution in [0.4, 0.5) is 11.4 Å². The average Bonchev–Trinajstić information content (AvgIpc) is 2.38. The number of rotatable bonds is 2. The van der Waals surface area contributed by atoms with Gasteiger partial charge in [0, 0.05) is 15.2 Å². The highest BCUT2D eigenvalue weighted by Crippen LogP contribution is 2.23. The molecule has 6 heteroatoms. The fourth-order valence-electron chi connectivity index (χ4n) is 1.65. The van der Waals surface area contributed by atoms with Gasteiger partial charge in [-0.1, -0.05) is 27.5 Å². The average molecular weight is 351 g/mol. The molecule has 0 radical (unpaired) electrons. The summed E-state index contributed by atoms with van der Waals surface area (Å²) in [5.41, 5.74) is 7.16. The maximum Gasteiger partial charge on any atom is 0.257 e. The molecule has 0 unspecified atom stereocenters. The third kappa shape index (κ3) is 3.10. The molecule has 0 aliphatic rings. The number of benzene rings is 2. The highest BCUT2D eigenvalue weighted by molar-refractivity contribution is 9.10. The van der Waals surface area contributed by atoms with Gasteiger partial charge in [-0.15, -0.1) is 0 Å². The van der Waals surface area contributed by atoms with E-state index in [1.165, 1.54) is 6.07 Å². The Morgan fingerprint density at radius 1 is 1.30 bits per heavy atom. The molecule has 0 bridgehead atoms. The number of nitrogen functional groups attached to an aromatic ring is 1. The Labute approximate surface area is 129 Å². The lowest BCUT2D eigenvalue weighted by Gasteiger charge is -2.09. The van der Waals surface area contributed by atoms with Gasteiger partial charge in [0.15, 0.2) is 0 Å². The Kier molecular flexibility index (Phi) is 4.28. The van der Waals surface area contributed by atoms with E-state index in [9.17, 15) is 4.79 Å². The molecule has 0 aliphatic carbocycles. The first-order valence-electron chi connectivity index (χ1n) is 5.57. The van der Waals surface area contributed by atoms with E-state index in [0.29, 0.717) is 27.5 Å². The predicted octanol–water partition coefficient (Wildman–Crippen LogP) is 3.81. The van der Waals surface area contributed by atoms with E-state index in [1.54, 1.807) is 30.3 Å². The number of nitriles is 1. The quantitative estimate of drug-likeness (QED) is 0.808. The fourth-order valence-corrected chi connectivity index (χ4v) is 2.20. The molecular weight excluding hydrogens is 342 g/mol. The molecular formula is C14H9BrClN3O. The normalized spacial score (nSPS) is 9.85. The Balaban J connectivity index is 2.33. The Morgan fingerprint density at radius 2 is 2.05 bits per heavy atom. The maximum absolute atomic E-state index is 12.2. The second-order valence-electron chi connectivity index (χ2n) is 3.99. The van der Waals surface area contributed by atoms with Crippen LogP contribution in [0.5, 0.6) is 0 Å². The van der Waals surface area contributed by atoms with Crippen molar-refractivity contribution in [1.82, 2.24) is 0 Å². The molecule has 0 heterocycles. The molecule has 2 aromatic carbocycles. The number of hydrogen-bond donors (Lipinski definition) is 2. The molecule has 100 valence electrons. The van der Waals surface area contributed by atoms with E-state index in [0.717, 1.165) is 4.47 Å². The summed E-state index contributed by atoms with van der Waals surface area (Å²) in [5, 5.41) is 12.1. The van der Waals surface area contributed by atoms with E-state index >= 15 is 0 Å². The Hall–Kier alpha value is -2.03. The number of carbonyl (C=O) groups is 1. The van der Waals surface area contributed by atoms with Gasteiger partial charge in [0.2, 0.25) is 0 Å². The van der Waals surface area contributed by atoms with Crippen LogP contribution in [-0.4, -0.2) is 5.91 Å². The van der Waals surface area contributed by atoms with Gasteiger partial charge < -0.3 is 11.1 Å². The van der Waals surface area contributed by atoms with Gasteiger partial charge in [-0.3, -0.25) is 4.79 Å². The molecule has 0 atom stereocenters. The van der Waals surface area contributed by atoms with Gasteiger partial charge in [-0.2, -0.15) is 5.26 Å². The van der Waals surface area contributed by atoms with Crippen LogP contribution < -0.4 is 11.1 Å². The van der Waals surface area contributed by atoms with E-state index in [1.807, 2.05) is 6.07 Å². The van der Waals surface area contributed by atoms with Crippen molar-refractivity contribution in [3.63, 3.8) is 0 Å². The molecule has 4 nitrogen and oxygen atoms in total. The van der Waals surface area contributed by atoms with Crippen molar-refractivity contribution in [2.75, 3.05) is 11.1 Å². The maximum atomic E-state index is 12.2. The number of halogens is 2. The minimum Gasteiger partial charge on any atom is -0.398 e. The summed E-state index contributed by atoms with van der Waals surface area (Å²) in [6.45, 7) is 0. The van der Waals surface area contributed by atoms with Crippen molar-refractivity contribution in [2.45, 2.75) is 0 Å². The molecule has 0 spiro atoms.